The molecule has 35 heavy (non-hydrogen) atoms. The van der Waals surface area contributed by atoms with Gasteiger partial charge < -0.3 is 9.64 Å². The Balaban J connectivity index is 1.73. The minimum atomic E-state index is -4.11. The van der Waals surface area contributed by atoms with Gasteiger partial charge in [0.25, 0.3) is 15.9 Å². The molecule has 1 unspecified atom stereocenters. The van der Waals surface area contributed by atoms with Crippen molar-refractivity contribution in [3.8, 4) is 17.1 Å². The number of hydrogen-bond donors (Lipinski definition) is 2. The molecule has 1 atom stereocenters. The number of hydrogen-bond acceptors (Lipinski definition) is 8. The number of aromatic amines is 1. The van der Waals surface area contributed by atoms with Crippen LogP contribution < -0.4 is 14.4 Å². The van der Waals surface area contributed by atoms with E-state index in [2.05, 4.69) is 45.6 Å². The minimum absolute atomic E-state index is 0.00768. The van der Waals surface area contributed by atoms with Crippen molar-refractivity contribution in [2.75, 3.05) is 11.4 Å². The van der Waals surface area contributed by atoms with Crippen LogP contribution in [-0.2, 0) is 10.0 Å². The maximum atomic E-state index is 13.2. The number of ether oxygens (including phenoxy) is 1. The lowest BCUT2D eigenvalue weighted by Gasteiger charge is -2.34. The first kappa shape index (κ1) is 24.6. The summed E-state index contributed by atoms with van der Waals surface area (Å²) in [5.74, 6) is 0.562. The third kappa shape index (κ3) is 5.29. The van der Waals surface area contributed by atoms with Crippen LogP contribution in [0.25, 0.3) is 11.3 Å². The molecule has 186 valence electrons. The van der Waals surface area contributed by atoms with E-state index in [1.807, 2.05) is 19.9 Å². The molecular weight excluding hydrogens is 468 g/mol. The van der Waals surface area contributed by atoms with Gasteiger partial charge in [-0.3, -0.25) is 9.89 Å². The fourth-order valence-corrected chi connectivity index (χ4v) is 5.30. The van der Waals surface area contributed by atoms with Gasteiger partial charge in [-0.15, -0.1) is 0 Å². The number of rotatable bonds is 7. The highest BCUT2D eigenvalue weighted by atomic mass is 32.2. The van der Waals surface area contributed by atoms with Crippen molar-refractivity contribution >= 4 is 21.7 Å². The fraction of sp³-hybridized carbons (Fsp3) is 0.417. The minimum Gasteiger partial charge on any atom is -0.475 e. The molecule has 0 spiro atoms. The molecule has 0 saturated carbocycles. The van der Waals surface area contributed by atoms with Gasteiger partial charge in [0.15, 0.2) is 5.03 Å². The van der Waals surface area contributed by atoms with Crippen LogP contribution in [0.15, 0.2) is 47.8 Å². The number of nitrogens with zero attached hydrogens (tertiary/aromatic N) is 4. The van der Waals surface area contributed by atoms with E-state index in [4.69, 9.17) is 9.72 Å². The highest BCUT2D eigenvalue weighted by Gasteiger charge is 2.39. The maximum absolute atomic E-state index is 13.2. The van der Waals surface area contributed by atoms with Crippen molar-refractivity contribution in [1.29, 1.82) is 0 Å². The fourth-order valence-electron chi connectivity index (χ4n) is 4.42. The van der Waals surface area contributed by atoms with Crippen molar-refractivity contribution in [2.45, 2.75) is 57.7 Å². The highest BCUT2D eigenvalue weighted by Crippen LogP contribution is 2.38. The molecule has 1 amide bonds. The van der Waals surface area contributed by atoms with Crippen LogP contribution >= 0.6 is 0 Å². The maximum Gasteiger partial charge on any atom is 0.281 e. The van der Waals surface area contributed by atoms with Crippen LogP contribution in [0.2, 0.25) is 0 Å². The summed E-state index contributed by atoms with van der Waals surface area (Å²) >= 11 is 0. The molecular formula is C24H30N6O4S. The van der Waals surface area contributed by atoms with Crippen LogP contribution in [-0.4, -0.2) is 52.7 Å². The van der Waals surface area contributed by atoms with Gasteiger partial charge in [0, 0.05) is 29.9 Å². The third-order valence-electron chi connectivity index (χ3n) is 5.83. The predicted molar refractivity (Wildman–Crippen MR) is 132 cm³/mol. The molecule has 0 aromatic carbocycles. The molecule has 0 bridgehead atoms. The summed E-state index contributed by atoms with van der Waals surface area (Å²) in [6.45, 7) is 10.9. The normalized spacial score (nSPS) is 17.5. The lowest BCUT2D eigenvalue weighted by atomic mass is 9.97. The van der Waals surface area contributed by atoms with E-state index in [-0.39, 0.29) is 22.2 Å². The lowest BCUT2D eigenvalue weighted by Crippen LogP contribution is -2.41. The number of aromatic nitrogens is 4. The average molecular weight is 499 g/mol. The number of anilines is 1. The van der Waals surface area contributed by atoms with Crippen LogP contribution in [0.4, 0.5) is 5.82 Å². The molecule has 1 aliphatic heterocycles. The summed E-state index contributed by atoms with van der Waals surface area (Å²) in [5.41, 5.74) is 1.28. The largest absolute Gasteiger partial charge is 0.475 e. The van der Waals surface area contributed by atoms with E-state index in [1.165, 1.54) is 12.3 Å². The summed E-state index contributed by atoms with van der Waals surface area (Å²) in [5, 5.41) is 5.83. The van der Waals surface area contributed by atoms with Crippen molar-refractivity contribution in [1.82, 2.24) is 24.9 Å². The van der Waals surface area contributed by atoms with E-state index in [9.17, 15) is 13.2 Å². The highest BCUT2D eigenvalue weighted by molar-refractivity contribution is 7.90. The second kappa shape index (κ2) is 9.29. The van der Waals surface area contributed by atoms with Crippen LogP contribution in [0.5, 0.6) is 5.88 Å². The molecule has 1 fully saturated rings. The topological polar surface area (TPSA) is 130 Å². The van der Waals surface area contributed by atoms with Gasteiger partial charge in [-0.05, 0) is 64.3 Å². The second-order valence-corrected chi connectivity index (χ2v) is 11.4. The summed E-state index contributed by atoms with van der Waals surface area (Å²) in [4.78, 5) is 24.5. The summed E-state index contributed by atoms with van der Waals surface area (Å²) in [6.07, 6.45) is 3.90. The first-order chi connectivity index (χ1) is 16.5. The summed E-state index contributed by atoms with van der Waals surface area (Å²) < 4.78 is 33.0. The zero-order valence-corrected chi connectivity index (χ0v) is 21.3. The summed E-state index contributed by atoms with van der Waals surface area (Å²) in [7, 11) is -4.11. The number of carbonyl (C=O) groups is 1. The molecule has 4 rings (SSSR count). The Bertz CT molecular complexity index is 1300. The number of carbonyl (C=O) groups excluding carboxylic acids is 1. The van der Waals surface area contributed by atoms with Crippen LogP contribution in [0.3, 0.4) is 0 Å². The Hall–Kier alpha value is -3.47. The molecule has 10 nitrogen and oxygen atoms in total. The lowest BCUT2D eigenvalue weighted by molar-refractivity contribution is 0.0981. The van der Waals surface area contributed by atoms with Gasteiger partial charge in [-0.25, -0.2) is 14.7 Å². The monoisotopic (exact) mass is 498 g/mol. The Labute approximate surface area is 205 Å². The number of H-pyrrole nitrogens is 1. The van der Waals surface area contributed by atoms with E-state index in [1.54, 1.807) is 24.4 Å². The van der Waals surface area contributed by atoms with Gasteiger partial charge in [0.05, 0.1) is 23.6 Å². The second-order valence-electron chi connectivity index (χ2n) is 9.71. The van der Waals surface area contributed by atoms with Gasteiger partial charge in [-0.1, -0.05) is 6.92 Å². The molecule has 4 heterocycles. The molecule has 3 aromatic heterocycles. The molecule has 2 N–H and O–H groups in total. The Morgan fingerprint density at radius 3 is 2.57 bits per heavy atom. The molecule has 1 saturated heterocycles. The Morgan fingerprint density at radius 1 is 1.23 bits per heavy atom. The molecule has 0 radical (unpaired) electrons. The zero-order valence-electron chi connectivity index (χ0n) is 20.4. The van der Waals surface area contributed by atoms with Crippen LogP contribution in [0.1, 0.15) is 51.4 Å². The zero-order chi connectivity index (χ0) is 25.4. The van der Waals surface area contributed by atoms with E-state index in [0.717, 1.165) is 12.0 Å². The first-order valence-corrected chi connectivity index (χ1v) is 12.9. The molecule has 11 heteroatoms. The Morgan fingerprint density at radius 2 is 2.00 bits per heavy atom. The summed E-state index contributed by atoms with van der Waals surface area (Å²) in [6, 6.07) is 8.21. The molecule has 3 aromatic rings. The van der Waals surface area contributed by atoms with Crippen molar-refractivity contribution in [3.63, 3.8) is 0 Å². The van der Waals surface area contributed by atoms with Crippen molar-refractivity contribution in [2.24, 2.45) is 5.92 Å². The van der Waals surface area contributed by atoms with Gasteiger partial charge in [-0.2, -0.15) is 13.5 Å². The first-order valence-electron chi connectivity index (χ1n) is 11.4. The standard InChI is InChI=1S/C24H30N6O4S/c1-15(2)34-20-9-6-17(13-25-20)19-8-7-18(22(27-19)30-14-16(3)12-24(30,4)5)23(31)29-35(32,33)21-10-11-26-28-21/h6-11,13,15-16H,12,14H2,1-5H3,(H,26,28)(H,29,31). The van der Waals surface area contributed by atoms with Gasteiger partial charge in [0.2, 0.25) is 5.88 Å². The number of nitrogens with one attached hydrogen (secondary N) is 2. The average Bonchev–Trinajstić information content (AvgIpc) is 3.41. The quantitative estimate of drug-likeness (QED) is 0.507. The third-order valence-corrected chi connectivity index (χ3v) is 7.09. The Kier molecular flexibility index (Phi) is 6.54. The van der Waals surface area contributed by atoms with E-state index < -0.39 is 15.9 Å². The smallest absolute Gasteiger partial charge is 0.281 e. The van der Waals surface area contributed by atoms with Crippen molar-refractivity contribution < 1.29 is 17.9 Å². The number of amides is 1. The number of sulfonamides is 1. The van der Waals surface area contributed by atoms with Crippen LogP contribution in [0, 0.1) is 5.92 Å². The predicted octanol–water partition coefficient (Wildman–Crippen LogP) is 3.40. The van der Waals surface area contributed by atoms with Gasteiger partial charge in [0.1, 0.15) is 5.82 Å². The van der Waals surface area contributed by atoms with E-state index >= 15 is 0 Å². The molecule has 0 aliphatic carbocycles. The van der Waals surface area contributed by atoms with Gasteiger partial charge >= 0.3 is 0 Å². The SMILES string of the molecule is CC1CN(c2nc(-c3ccc(OC(C)C)nc3)ccc2C(=O)NS(=O)(=O)c2ccn[nH]2)C(C)(C)C1. The molecule has 1 aliphatic rings. The van der Waals surface area contributed by atoms with Crippen molar-refractivity contribution in [3.05, 3.63) is 48.3 Å². The number of pyridine rings is 2. The van der Waals surface area contributed by atoms with E-state index in [0.29, 0.717) is 29.9 Å².